The maximum atomic E-state index is 12.3. The number of rotatable bonds is 11. The molecule has 0 aromatic heterocycles. The van der Waals surface area contributed by atoms with Crippen LogP contribution in [0, 0.1) is 0 Å². The van der Waals surface area contributed by atoms with Crippen molar-refractivity contribution in [2.75, 3.05) is 13.6 Å². The summed E-state index contributed by atoms with van der Waals surface area (Å²) in [4.78, 5) is 24.0. The third-order valence-corrected chi connectivity index (χ3v) is 10.6. The van der Waals surface area contributed by atoms with E-state index < -0.39 is 69.2 Å². The molecule has 0 radical (unpaired) electrons. The van der Waals surface area contributed by atoms with Crippen LogP contribution in [0.5, 0.6) is 0 Å². The molecule has 0 bridgehead atoms. The lowest BCUT2D eigenvalue weighted by molar-refractivity contribution is -0.414. The summed E-state index contributed by atoms with van der Waals surface area (Å²) in [6.07, 6.45) is 7.89. The Morgan fingerprint density at radius 3 is 1.15 bits per heavy atom. The van der Waals surface area contributed by atoms with Crippen LogP contribution in [0.15, 0.2) is 0 Å². The van der Waals surface area contributed by atoms with Gasteiger partial charge in [0.15, 0.2) is 23.8 Å². The van der Waals surface area contributed by atoms with Gasteiger partial charge in [-0.1, -0.05) is 72.1 Å². The Bertz CT molecular complexity index is 1020. The summed E-state index contributed by atoms with van der Waals surface area (Å²) in [7, 11) is 1.33. The molecule has 2 amide bonds. The van der Waals surface area contributed by atoms with Gasteiger partial charge in [0.05, 0.1) is 0 Å². The van der Waals surface area contributed by atoms with Gasteiger partial charge in [0, 0.05) is 13.6 Å². The van der Waals surface area contributed by atoms with Crippen LogP contribution >= 0.6 is 0 Å². The molecule has 286 valence electrons. The standard InChI is InChI=1S/C16H31NO6.C11H21NO6.C7H16/c1-6-7-8-9-10-17-12(18)11-13(2,19)14(3,20)15(4,21)16(5,22)23-11;1-8(14)6(7(13)12-5)18-11(4,17)10(3,16)9(8,2)15;1-3-5-7-6-4-2/h11,19-22H,6-10H2,1-5H3,(H,17,18);6,14-17H,1-5H3,(H,12,13);3-7H2,1-2H3/t11?,13-,14?,15?,16-;6?,8-,9?,10?,11-;/m11./s1. The zero-order valence-corrected chi connectivity index (χ0v) is 31.4. The van der Waals surface area contributed by atoms with E-state index in [1.807, 2.05) is 0 Å². The molecule has 6 unspecified atom stereocenters. The molecule has 2 aliphatic heterocycles. The number of likely N-dealkylation sites (N-methyl/N-ethyl adjacent to an activating group) is 1. The van der Waals surface area contributed by atoms with Gasteiger partial charge in [0.25, 0.3) is 11.8 Å². The fourth-order valence-corrected chi connectivity index (χ4v) is 5.60. The fraction of sp³-hybridized carbons (Fsp3) is 0.941. The van der Waals surface area contributed by atoms with Crippen molar-refractivity contribution in [1.29, 1.82) is 0 Å². The molecular weight excluding hydrogens is 628 g/mol. The molecule has 14 heteroatoms. The third-order valence-electron chi connectivity index (χ3n) is 10.6. The summed E-state index contributed by atoms with van der Waals surface area (Å²) in [6.45, 7) is 16.2. The first-order chi connectivity index (χ1) is 21.6. The second kappa shape index (κ2) is 17.2. The first-order valence-electron chi connectivity index (χ1n) is 17.2. The van der Waals surface area contributed by atoms with Gasteiger partial charge in [-0.25, -0.2) is 0 Å². The van der Waals surface area contributed by atoms with Crippen molar-refractivity contribution in [2.24, 2.45) is 0 Å². The Morgan fingerprint density at radius 1 is 0.521 bits per heavy atom. The van der Waals surface area contributed by atoms with Crippen molar-refractivity contribution in [1.82, 2.24) is 10.6 Å². The van der Waals surface area contributed by atoms with Crippen molar-refractivity contribution < 1.29 is 59.9 Å². The molecule has 10 N–H and O–H groups in total. The monoisotopic (exact) mass is 696 g/mol. The zero-order valence-electron chi connectivity index (χ0n) is 31.4. The van der Waals surface area contributed by atoms with Gasteiger partial charge in [-0.15, -0.1) is 0 Å². The van der Waals surface area contributed by atoms with Crippen LogP contribution in [0.1, 0.15) is 134 Å². The van der Waals surface area contributed by atoms with E-state index in [1.54, 1.807) is 0 Å². The molecule has 2 saturated heterocycles. The Morgan fingerprint density at radius 2 is 0.833 bits per heavy atom. The molecule has 2 fully saturated rings. The lowest BCUT2D eigenvalue weighted by atomic mass is 9.65. The minimum Gasteiger partial charge on any atom is -0.384 e. The Labute approximate surface area is 287 Å². The molecule has 2 heterocycles. The molecule has 10 atom stereocenters. The molecule has 2 rings (SSSR count). The van der Waals surface area contributed by atoms with Gasteiger partial charge >= 0.3 is 0 Å². The van der Waals surface area contributed by atoms with Gasteiger partial charge in [0.2, 0.25) is 0 Å². The van der Waals surface area contributed by atoms with Gasteiger partial charge in [-0.05, 0) is 61.8 Å². The van der Waals surface area contributed by atoms with Crippen molar-refractivity contribution >= 4 is 11.8 Å². The van der Waals surface area contributed by atoms with Crippen LogP contribution in [0.25, 0.3) is 0 Å². The Hall–Kier alpha value is -1.46. The first kappa shape index (κ1) is 46.5. The summed E-state index contributed by atoms with van der Waals surface area (Å²) in [5.74, 6) is -5.75. The average Bonchev–Trinajstić information content (AvgIpc) is 2.97. The predicted octanol–water partition coefficient (Wildman–Crippen LogP) is 1.11. The SMILES string of the molecule is CCCCCCC.CCCCCCNC(=O)C1O[C@@](C)(O)C(C)(O)C(C)(O)[C@]1(C)O.CNC(=O)C1O[C@@](C)(O)C(C)(O)C(C)(O)[C@]1(C)O. The van der Waals surface area contributed by atoms with E-state index in [-0.39, 0.29) is 0 Å². The molecule has 0 aromatic rings. The highest BCUT2D eigenvalue weighted by Crippen LogP contribution is 2.49. The summed E-state index contributed by atoms with van der Waals surface area (Å²) < 4.78 is 10.3. The molecule has 48 heavy (non-hydrogen) atoms. The molecule has 2 aliphatic rings. The number of aliphatic hydroxyl groups is 8. The fourth-order valence-electron chi connectivity index (χ4n) is 5.60. The van der Waals surface area contributed by atoms with Crippen LogP contribution in [0.3, 0.4) is 0 Å². The van der Waals surface area contributed by atoms with E-state index >= 15 is 0 Å². The number of unbranched alkanes of at least 4 members (excludes halogenated alkanes) is 7. The number of ether oxygens (including phenoxy) is 2. The molecule has 0 saturated carbocycles. The van der Waals surface area contributed by atoms with Crippen LogP contribution in [0.4, 0.5) is 0 Å². The molecular formula is C34H68N2O12. The quantitative estimate of drug-likeness (QED) is 0.137. The van der Waals surface area contributed by atoms with Crippen molar-refractivity contribution in [2.45, 2.75) is 191 Å². The minimum atomic E-state index is -2.21. The highest BCUT2D eigenvalue weighted by molar-refractivity contribution is 5.83. The largest absolute Gasteiger partial charge is 0.384 e. The van der Waals surface area contributed by atoms with Gasteiger partial charge in [0.1, 0.15) is 33.6 Å². The summed E-state index contributed by atoms with van der Waals surface area (Å²) in [5, 5.41) is 87.8. The second-order valence-corrected chi connectivity index (χ2v) is 14.6. The lowest BCUT2D eigenvalue weighted by Gasteiger charge is -2.59. The molecule has 0 aromatic carbocycles. The summed E-state index contributed by atoms with van der Waals surface area (Å²) in [6, 6.07) is 0. The van der Waals surface area contributed by atoms with E-state index in [4.69, 9.17) is 9.47 Å². The number of hydrogen-bond donors (Lipinski definition) is 10. The lowest BCUT2D eigenvalue weighted by Crippen LogP contribution is -2.82. The van der Waals surface area contributed by atoms with Crippen LogP contribution in [-0.2, 0) is 19.1 Å². The van der Waals surface area contributed by atoms with Crippen molar-refractivity contribution in [3.63, 3.8) is 0 Å². The summed E-state index contributed by atoms with van der Waals surface area (Å²) in [5.41, 5.74) is -12.9. The molecule has 0 spiro atoms. The maximum absolute atomic E-state index is 12.3. The zero-order chi connectivity index (χ0) is 38.2. The molecule has 14 nitrogen and oxygen atoms in total. The third kappa shape index (κ3) is 9.25. The van der Waals surface area contributed by atoms with E-state index in [1.165, 1.54) is 53.0 Å². The highest BCUT2D eigenvalue weighted by Gasteiger charge is 2.72. The van der Waals surface area contributed by atoms with E-state index in [0.29, 0.717) is 6.54 Å². The topological polar surface area (TPSA) is 238 Å². The van der Waals surface area contributed by atoms with Crippen molar-refractivity contribution in [3.8, 4) is 0 Å². The normalized spacial score (nSPS) is 42.4. The number of nitrogens with one attached hydrogen (secondary N) is 2. The Kier molecular flexibility index (Phi) is 16.6. The van der Waals surface area contributed by atoms with Crippen LogP contribution in [0.2, 0.25) is 0 Å². The summed E-state index contributed by atoms with van der Waals surface area (Å²) >= 11 is 0. The highest BCUT2D eigenvalue weighted by atomic mass is 16.7. The number of carbonyl (C=O) groups is 2. The smallest absolute Gasteiger partial charge is 0.252 e. The maximum Gasteiger partial charge on any atom is 0.252 e. The Balaban J connectivity index is 0.000000783. The average molecular weight is 697 g/mol. The minimum absolute atomic E-state index is 0.412. The second-order valence-electron chi connectivity index (χ2n) is 14.6. The van der Waals surface area contributed by atoms with Crippen LogP contribution < -0.4 is 10.6 Å². The predicted molar refractivity (Wildman–Crippen MR) is 180 cm³/mol. The number of hydrogen-bond acceptors (Lipinski definition) is 12. The van der Waals surface area contributed by atoms with E-state index in [2.05, 4.69) is 31.4 Å². The van der Waals surface area contributed by atoms with Gasteiger partial charge in [-0.2, -0.15) is 0 Å². The number of carbonyl (C=O) groups excluding carboxylic acids is 2. The van der Waals surface area contributed by atoms with Crippen LogP contribution in [-0.4, -0.2) is 124 Å². The van der Waals surface area contributed by atoms with Gasteiger partial charge in [-0.3, -0.25) is 9.59 Å². The van der Waals surface area contributed by atoms with Crippen molar-refractivity contribution in [3.05, 3.63) is 0 Å². The van der Waals surface area contributed by atoms with E-state index in [9.17, 15) is 50.4 Å². The first-order valence-corrected chi connectivity index (χ1v) is 17.2. The molecule has 0 aliphatic carbocycles. The number of amides is 2. The van der Waals surface area contributed by atoms with Gasteiger partial charge < -0.3 is 61.0 Å². The van der Waals surface area contributed by atoms with E-state index in [0.717, 1.165) is 67.2 Å².